The Bertz CT molecular complexity index is 964. The van der Waals surface area contributed by atoms with Gasteiger partial charge in [0.25, 0.3) is 0 Å². The fourth-order valence-electron chi connectivity index (χ4n) is 3.40. The van der Waals surface area contributed by atoms with Crippen LogP contribution >= 0.6 is 0 Å². The number of hydrogen-bond acceptors (Lipinski definition) is 6. The SMILES string of the molecule is COc1ccc(/C=C2/Oc3c(ccc4c3CN(C(C)C)CO4)C2=O)cc1OC. The molecule has 0 amide bonds. The van der Waals surface area contributed by atoms with Crippen LogP contribution < -0.4 is 18.9 Å². The Morgan fingerprint density at radius 2 is 1.89 bits per heavy atom. The maximum atomic E-state index is 12.9. The number of hydrogen-bond donors (Lipinski definition) is 0. The Morgan fingerprint density at radius 3 is 2.61 bits per heavy atom. The molecular weight excluding hydrogens is 358 g/mol. The van der Waals surface area contributed by atoms with Crippen molar-refractivity contribution in [1.82, 2.24) is 4.90 Å². The van der Waals surface area contributed by atoms with Crippen LogP contribution in [0, 0.1) is 0 Å². The molecule has 0 saturated carbocycles. The topological polar surface area (TPSA) is 57.2 Å². The molecule has 2 heterocycles. The smallest absolute Gasteiger partial charge is 0.231 e. The number of benzene rings is 2. The van der Waals surface area contributed by atoms with Gasteiger partial charge in [-0.25, -0.2) is 0 Å². The minimum Gasteiger partial charge on any atom is -0.493 e. The first-order valence-electron chi connectivity index (χ1n) is 9.20. The minimum atomic E-state index is -0.130. The van der Waals surface area contributed by atoms with E-state index in [9.17, 15) is 4.79 Å². The lowest BCUT2D eigenvalue weighted by atomic mass is 10.0. The van der Waals surface area contributed by atoms with Gasteiger partial charge < -0.3 is 18.9 Å². The fraction of sp³-hybridized carbons (Fsp3) is 0.318. The third-order valence-corrected chi connectivity index (χ3v) is 5.08. The van der Waals surface area contributed by atoms with Crippen LogP contribution in [-0.2, 0) is 6.54 Å². The van der Waals surface area contributed by atoms with E-state index in [2.05, 4.69) is 18.7 Å². The van der Waals surface area contributed by atoms with Crippen LogP contribution in [0.5, 0.6) is 23.0 Å². The first-order chi connectivity index (χ1) is 13.5. The Morgan fingerprint density at radius 1 is 1.11 bits per heavy atom. The van der Waals surface area contributed by atoms with Crippen LogP contribution in [-0.4, -0.2) is 37.7 Å². The van der Waals surface area contributed by atoms with Crippen LogP contribution in [0.15, 0.2) is 36.1 Å². The number of allylic oxidation sites excluding steroid dienone is 1. The number of carbonyl (C=O) groups excluding carboxylic acids is 1. The summed E-state index contributed by atoms with van der Waals surface area (Å²) in [4.78, 5) is 15.1. The first-order valence-corrected chi connectivity index (χ1v) is 9.20. The lowest BCUT2D eigenvalue weighted by Gasteiger charge is -2.32. The molecule has 0 saturated heterocycles. The molecule has 6 heteroatoms. The Labute approximate surface area is 164 Å². The van der Waals surface area contributed by atoms with E-state index < -0.39 is 0 Å². The molecule has 0 N–H and O–H groups in total. The summed E-state index contributed by atoms with van der Waals surface area (Å²) in [5.74, 6) is 2.76. The van der Waals surface area contributed by atoms with Crippen LogP contribution in [0.3, 0.4) is 0 Å². The van der Waals surface area contributed by atoms with Crippen LogP contribution in [0.2, 0.25) is 0 Å². The molecule has 2 aromatic carbocycles. The van der Waals surface area contributed by atoms with Gasteiger partial charge in [-0.05, 0) is 49.8 Å². The third-order valence-electron chi connectivity index (χ3n) is 5.08. The Kier molecular flexibility index (Phi) is 4.73. The van der Waals surface area contributed by atoms with Crippen molar-refractivity contribution in [3.8, 4) is 23.0 Å². The molecular formula is C22H23NO5. The molecule has 0 bridgehead atoms. The van der Waals surface area contributed by atoms with E-state index in [4.69, 9.17) is 18.9 Å². The lowest BCUT2D eigenvalue weighted by Crippen LogP contribution is -2.37. The van der Waals surface area contributed by atoms with Gasteiger partial charge >= 0.3 is 0 Å². The average Bonchev–Trinajstić information content (AvgIpc) is 3.03. The second kappa shape index (κ2) is 7.20. The third kappa shape index (κ3) is 3.10. The van der Waals surface area contributed by atoms with E-state index in [1.54, 1.807) is 32.4 Å². The molecule has 4 rings (SSSR count). The first kappa shape index (κ1) is 18.4. The summed E-state index contributed by atoms with van der Waals surface area (Å²) in [6.45, 7) is 5.46. The second-order valence-corrected chi connectivity index (χ2v) is 7.09. The molecule has 146 valence electrons. The van der Waals surface area contributed by atoms with Gasteiger partial charge in [0.15, 0.2) is 17.3 Å². The molecule has 0 spiro atoms. The van der Waals surface area contributed by atoms with Crippen molar-refractivity contribution in [2.45, 2.75) is 26.4 Å². The van der Waals surface area contributed by atoms with Gasteiger partial charge in [-0.15, -0.1) is 0 Å². The summed E-state index contributed by atoms with van der Waals surface area (Å²) in [6, 6.07) is 9.43. The summed E-state index contributed by atoms with van der Waals surface area (Å²) in [5.41, 5.74) is 2.28. The highest BCUT2D eigenvalue weighted by Crippen LogP contribution is 2.42. The average molecular weight is 381 g/mol. The van der Waals surface area contributed by atoms with Crippen molar-refractivity contribution in [3.05, 3.63) is 52.8 Å². The number of ether oxygens (including phenoxy) is 4. The van der Waals surface area contributed by atoms with Crippen molar-refractivity contribution in [2.75, 3.05) is 21.0 Å². The van der Waals surface area contributed by atoms with Crippen LogP contribution in [0.1, 0.15) is 35.3 Å². The predicted octanol–water partition coefficient (Wildman–Crippen LogP) is 3.88. The highest BCUT2D eigenvalue weighted by molar-refractivity contribution is 6.15. The van der Waals surface area contributed by atoms with Gasteiger partial charge in [0.1, 0.15) is 18.2 Å². The van der Waals surface area contributed by atoms with E-state index >= 15 is 0 Å². The van der Waals surface area contributed by atoms with Crippen molar-refractivity contribution >= 4 is 11.9 Å². The molecule has 0 radical (unpaired) electrons. The Balaban J connectivity index is 1.68. The van der Waals surface area contributed by atoms with Gasteiger partial charge in [-0.2, -0.15) is 0 Å². The number of carbonyl (C=O) groups is 1. The maximum Gasteiger partial charge on any atom is 0.231 e. The largest absolute Gasteiger partial charge is 0.493 e. The molecule has 2 aromatic rings. The van der Waals surface area contributed by atoms with E-state index in [0.29, 0.717) is 42.1 Å². The maximum absolute atomic E-state index is 12.9. The number of rotatable bonds is 4. The van der Waals surface area contributed by atoms with Gasteiger partial charge in [0.05, 0.1) is 25.3 Å². The summed E-state index contributed by atoms with van der Waals surface area (Å²) < 4.78 is 22.5. The quantitative estimate of drug-likeness (QED) is 0.749. The highest BCUT2D eigenvalue weighted by atomic mass is 16.5. The summed E-state index contributed by atoms with van der Waals surface area (Å²) >= 11 is 0. The highest BCUT2D eigenvalue weighted by Gasteiger charge is 2.34. The van der Waals surface area contributed by atoms with Crippen molar-refractivity contribution in [2.24, 2.45) is 0 Å². The minimum absolute atomic E-state index is 0.130. The number of methoxy groups -OCH3 is 2. The standard InChI is InChI=1S/C22H23NO5/c1-13(2)23-11-16-17(27-12-23)8-6-15-21(24)20(28-22(15)16)10-14-5-7-18(25-3)19(9-14)26-4/h5-10,13H,11-12H2,1-4H3/b20-10+. The summed E-state index contributed by atoms with van der Waals surface area (Å²) in [6.07, 6.45) is 1.72. The van der Waals surface area contributed by atoms with Crippen LogP contribution in [0.4, 0.5) is 0 Å². The van der Waals surface area contributed by atoms with Crippen molar-refractivity contribution in [3.63, 3.8) is 0 Å². The van der Waals surface area contributed by atoms with E-state index in [-0.39, 0.29) is 11.5 Å². The molecule has 0 unspecified atom stereocenters. The van der Waals surface area contributed by atoms with E-state index in [1.807, 2.05) is 18.2 Å². The van der Waals surface area contributed by atoms with Gasteiger partial charge in [0, 0.05) is 12.6 Å². The number of Topliss-reactive ketones (excluding diaryl/α,β-unsaturated/α-hetero) is 1. The molecule has 2 aliphatic heterocycles. The zero-order valence-corrected chi connectivity index (χ0v) is 16.4. The summed E-state index contributed by atoms with van der Waals surface area (Å²) in [7, 11) is 3.16. The zero-order valence-electron chi connectivity index (χ0n) is 16.4. The lowest BCUT2D eigenvalue weighted by molar-refractivity contribution is 0.0674. The molecule has 0 aliphatic carbocycles. The fourth-order valence-corrected chi connectivity index (χ4v) is 3.40. The molecule has 2 aliphatic rings. The normalized spacial score (nSPS) is 17.2. The number of nitrogens with zero attached hydrogens (tertiary/aromatic N) is 1. The Hall–Kier alpha value is -2.99. The van der Waals surface area contributed by atoms with Gasteiger partial charge in [-0.1, -0.05) is 6.07 Å². The molecule has 0 aromatic heterocycles. The summed E-state index contributed by atoms with van der Waals surface area (Å²) in [5, 5.41) is 0. The molecule has 0 atom stereocenters. The van der Waals surface area contributed by atoms with Crippen molar-refractivity contribution < 1.29 is 23.7 Å². The van der Waals surface area contributed by atoms with Crippen LogP contribution in [0.25, 0.3) is 6.08 Å². The van der Waals surface area contributed by atoms with Gasteiger partial charge in [0.2, 0.25) is 5.78 Å². The number of fused-ring (bicyclic) bond motifs is 3. The molecule has 0 fully saturated rings. The van der Waals surface area contributed by atoms with E-state index in [1.165, 1.54) is 0 Å². The molecule has 28 heavy (non-hydrogen) atoms. The van der Waals surface area contributed by atoms with Gasteiger partial charge in [-0.3, -0.25) is 9.69 Å². The second-order valence-electron chi connectivity index (χ2n) is 7.09. The zero-order chi connectivity index (χ0) is 19.8. The number of ketones is 1. The van der Waals surface area contributed by atoms with Crippen molar-refractivity contribution in [1.29, 1.82) is 0 Å². The van der Waals surface area contributed by atoms with E-state index in [0.717, 1.165) is 16.9 Å². The monoisotopic (exact) mass is 381 g/mol. The molecule has 6 nitrogen and oxygen atoms in total. The predicted molar refractivity (Wildman–Crippen MR) is 105 cm³/mol.